The van der Waals surface area contributed by atoms with Gasteiger partial charge in [0.05, 0.1) is 0 Å². The molecule has 0 radical (unpaired) electrons. The van der Waals surface area contributed by atoms with Gasteiger partial charge in [0.15, 0.2) is 0 Å². The Labute approximate surface area is 113 Å². The smallest absolute Gasteiger partial charge is 0.214 e. The number of ketones is 1. The van der Waals surface area contributed by atoms with Crippen molar-refractivity contribution in [3.05, 3.63) is 71.8 Å². The van der Waals surface area contributed by atoms with E-state index in [9.17, 15) is 9.90 Å². The summed E-state index contributed by atoms with van der Waals surface area (Å²) in [6, 6.07) is 17.8. The van der Waals surface area contributed by atoms with Gasteiger partial charge in [-0.3, -0.25) is 9.69 Å². The minimum Gasteiger partial charge on any atom is -0.365 e. The largest absolute Gasteiger partial charge is 0.365 e. The highest BCUT2D eigenvalue weighted by molar-refractivity contribution is 6.02. The number of benzene rings is 2. The van der Waals surface area contributed by atoms with E-state index in [1.165, 1.54) is 4.90 Å². The van der Waals surface area contributed by atoms with Gasteiger partial charge >= 0.3 is 0 Å². The van der Waals surface area contributed by atoms with Crippen LogP contribution in [0.3, 0.4) is 0 Å². The molecule has 0 spiro atoms. The molecular weight excluding hydrogens is 238 g/mol. The van der Waals surface area contributed by atoms with E-state index in [-0.39, 0.29) is 5.78 Å². The summed E-state index contributed by atoms with van der Waals surface area (Å²) in [7, 11) is 3.38. The Morgan fingerprint density at radius 1 is 0.947 bits per heavy atom. The first-order valence-corrected chi connectivity index (χ1v) is 6.12. The first-order valence-electron chi connectivity index (χ1n) is 6.12. The molecule has 0 aromatic heterocycles. The third-order valence-electron chi connectivity index (χ3n) is 3.18. The van der Waals surface area contributed by atoms with E-state index >= 15 is 0 Å². The minimum atomic E-state index is -1.65. The molecule has 0 bridgehead atoms. The van der Waals surface area contributed by atoms with Crippen LogP contribution in [0.25, 0.3) is 0 Å². The number of hydrogen-bond acceptors (Lipinski definition) is 3. The molecule has 1 atom stereocenters. The van der Waals surface area contributed by atoms with Crippen molar-refractivity contribution < 1.29 is 9.90 Å². The summed E-state index contributed by atoms with van der Waals surface area (Å²) in [6.45, 7) is 0. The first kappa shape index (κ1) is 13.5. The molecule has 0 aliphatic heterocycles. The van der Waals surface area contributed by atoms with Crippen LogP contribution in [0.4, 0.5) is 0 Å². The van der Waals surface area contributed by atoms with E-state index in [0.29, 0.717) is 11.1 Å². The Balaban J connectivity index is 2.50. The number of hydrogen-bond donors (Lipinski definition) is 1. The minimum absolute atomic E-state index is 0.329. The van der Waals surface area contributed by atoms with Gasteiger partial charge in [0.2, 0.25) is 11.5 Å². The third-order valence-corrected chi connectivity index (χ3v) is 3.18. The number of nitrogens with zero attached hydrogens (tertiary/aromatic N) is 1. The first-order chi connectivity index (χ1) is 9.06. The van der Waals surface area contributed by atoms with Crippen molar-refractivity contribution in [3.63, 3.8) is 0 Å². The van der Waals surface area contributed by atoms with Gasteiger partial charge in [-0.05, 0) is 14.1 Å². The van der Waals surface area contributed by atoms with Crippen LogP contribution in [0.2, 0.25) is 0 Å². The summed E-state index contributed by atoms with van der Waals surface area (Å²) >= 11 is 0. The molecular formula is C16H17NO2. The maximum atomic E-state index is 12.6. The number of carbonyl (C=O) groups excluding carboxylic acids is 1. The maximum absolute atomic E-state index is 12.6. The third kappa shape index (κ3) is 2.43. The quantitative estimate of drug-likeness (QED) is 0.673. The van der Waals surface area contributed by atoms with Crippen molar-refractivity contribution in [1.82, 2.24) is 4.90 Å². The molecule has 2 aromatic rings. The van der Waals surface area contributed by atoms with Crippen molar-refractivity contribution >= 4 is 5.78 Å². The fourth-order valence-electron chi connectivity index (χ4n) is 2.05. The number of aliphatic hydroxyl groups is 1. The fourth-order valence-corrected chi connectivity index (χ4v) is 2.05. The van der Waals surface area contributed by atoms with Crippen LogP contribution in [0.5, 0.6) is 0 Å². The lowest BCUT2D eigenvalue weighted by atomic mass is 9.92. The van der Waals surface area contributed by atoms with Gasteiger partial charge in [-0.25, -0.2) is 0 Å². The lowest BCUT2D eigenvalue weighted by Crippen LogP contribution is -2.48. The van der Waals surface area contributed by atoms with Crippen molar-refractivity contribution in [2.24, 2.45) is 0 Å². The topological polar surface area (TPSA) is 40.5 Å². The molecule has 3 nitrogen and oxygen atoms in total. The summed E-state index contributed by atoms with van der Waals surface area (Å²) < 4.78 is 0. The molecule has 19 heavy (non-hydrogen) atoms. The van der Waals surface area contributed by atoms with Crippen LogP contribution in [-0.2, 0) is 5.72 Å². The Morgan fingerprint density at radius 3 is 1.89 bits per heavy atom. The Hall–Kier alpha value is -1.97. The van der Waals surface area contributed by atoms with Gasteiger partial charge in [-0.15, -0.1) is 0 Å². The predicted octanol–water partition coefficient (Wildman–Crippen LogP) is 2.28. The highest BCUT2D eigenvalue weighted by Gasteiger charge is 2.40. The average Bonchev–Trinajstić information content (AvgIpc) is 2.47. The summed E-state index contributed by atoms with van der Waals surface area (Å²) in [5.74, 6) is -0.329. The SMILES string of the molecule is CN(C)C(O)(C(=O)c1ccccc1)c1ccccc1. The zero-order valence-corrected chi connectivity index (χ0v) is 11.1. The molecule has 0 fully saturated rings. The van der Waals surface area contributed by atoms with Crippen molar-refractivity contribution in [1.29, 1.82) is 0 Å². The molecule has 0 saturated carbocycles. The Bertz CT molecular complexity index is 551. The highest BCUT2D eigenvalue weighted by Crippen LogP contribution is 2.27. The van der Waals surface area contributed by atoms with E-state index in [2.05, 4.69) is 0 Å². The molecule has 98 valence electrons. The van der Waals surface area contributed by atoms with Gasteiger partial charge in [0.25, 0.3) is 0 Å². The van der Waals surface area contributed by atoms with Gasteiger partial charge < -0.3 is 5.11 Å². The normalized spacial score (nSPS) is 14.1. The number of likely N-dealkylation sites (N-methyl/N-ethyl adjacent to an activating group) is 1. The second kappa shape index (κ2) is 5.34. The van der Waals surface area contributed by atoms with Crippen molar-refractivity contribution in [2.75, 3.05) is 14.1 Å². The van der Waals surface area contributed by atoms with Crippen LogP contribution in [-0.4, -0.2) is 29.9 Å². The van der Waals surface area contributed by atoms with Gasteiger partial charge in [0, 0.05) is 11.1 Å². The van der Waals surface area contributed by atoms with Crippen molar-refractivity contribution in [2.45, 2.75) is 5.72 Å². The molecule has 0 heterocycles. The molecule has 0 amide bonds. The van der Waals surface area contributed by atoms with Crippen molar-refractivity contribution in [3.8, 4) is 0 Å². The maximum Gasteiger partial charge on any atom is 0.214 e. The summed E-state index contributed by atoms with van der Waals surface area (Å²) in [5.41, 5.74) is -0.598. The van der Waals surface area contributed by atoms with E-state index < -0.39 is 5.72 Å². The molecule has 1 unspecified atom stereocenters. The van der Waals surface area contributed by atoms with E-state index in [1.54, 1.807) is 50.5 Å². The van der Waals surface area contributed by atoms with E-state index in [4.69, 9.17) is 0 Å². The van der Waals surface area contributed by atoms with Crippen LogP contribution in [0.15, 0.2) is 60.7 Å². The second-order valence-corrected chi connectivity index (χ2v) is 4.63. The lowest BCUT2D eigenvalue weighted by molar-refractivity contribution is -0.0571. The van der Waals surface area contributed by atoms with E-state index in [1.807, 2.05) is 24.3 Å². The molecule has 0 aliphatic carbocycles. The fraction of sp³-hybridized carbons (Fsp3) is 0.188. The summed E-state index contributed by atoms with van der Waals surface area (Å²) in [4.78, 5) is 14.1. The van der Waals surface area contributed by atoms with Gasteiger partial charge in [0.1, 0.15) is 0 Å². The van der Waals surface area contributed by atoms with Gasteiger partial charge in [-0.2, -0.15) is 0 Å². The second-order valence-electron chi connectivity index (χ2n) is 4.63. The van der Waals surface area contributed by atoms with Gasteiger partial charge in [-0.1, -0.05) is 60.7 Å². The molecule has 0 aliphatic rings. The molecule has 3 heteroatoms. The lowest BCUT2D eigenvalue weighted by Gasteiger charge is -2.33. The molecule has 2 rings (SSSR count). The molecule has 0 saturated heterocycles. The summed E-state index contributed by atoms with van der Waals surface area (Å²) in [6.07, 6.45) is 0. The zero-order valence-electron chi connectivity index (χ0n) is 11.1. The number of Topliss-reactive ketones (excluding diaryl/α,β-unsaturated/α-hetero) is 1. The van der Waals surface area contributed by atoms with Crippen LogP contribution in [0, 0.1) is 0 Å². The predicted molar refractivity (Wildman–Crippen MR) is 74.8 cm³/mol. The van der Waals surface area contributed by atoms with Crippen LogP contribution >= 0.6 is 0 Å². The number of carbonyl (C=O) groups is 1. The Morgan fingerprint density at radius 2 is 1.42 bits per heavy atom. The molecule has 1 N–H and O–H groups in total. The number of rotatable bonds is 4. The standard InChI is InChI=1S/C16H17NO2/c1-17(2)16(19,14-11-7-4-8-12-14)15(18)13-9-5-3-6-10-13/h3-12,19H,1-2H3. The van der Waals surface area contributed by atoms with E-state index in [0.717, 1.165) is 0 Å². The monoisotopic (exact) mass is 255 g/mol. The van der Waals surface area contributed by atoms with Crippen LogP contribution < -0.4 is 0 Å². The Kier molecular flexibility index (Phi) is 3.79. The zero-order chi connectivity index (χ0) is 13.9. The average molecular weight is 255 g/mol. The highest BCUT2D eigenvalue weighted by atomic mass is 16.3. The molecule has 2 aromatic carbocycles. The summed E-state index contributed by atoms with van der Waals surface area (Å²) in [5, 5.41) is 10.9. The van der Waals surface area contributed by atoms with Crippen LogP contribution in [0.1, 0.15) is 15.9 Å².